The first-order chi connectivity index (χ1) is 11.4. The van der Waals surface area contributed by atoms with Gasteiger partial charge in [0.1, 0.15) is 5.82 Å². The maximum Gasteiger partial charge on any atom is 0.255 e. The number of hydrogen-bond acceptors (Lipinski definition) is 5. The quantitative estimate of drug-likeness (QED) is 0.868. The fourth-order valence-corrected chi connectivity index (χ4v) is 4.22. The van der Waals surface area contributed by atoms with Gasteiger partial charge in [0.05, 0.1) is 11.8 Å². The Bertz CT molecular complexity index is 693. The largest absolute Gasteiger partial charge is 0.356 e. The van der Waals surface area contributed by atoms with Gasteiger partial charge in [-0.25, -0.2) is 17.7 Å². The van der Waals surface area contributed by atoms with Gasteiger partial charge in [-0.2, -0.15) is 0 Å². The molecule has 0 bridgehead atoms. The number of anilines is 1. The first-order valence-electron chi connectivity index (χ1n) is 8.41. The van der Waals surface area contributed by atoms with Crippen molar-refractivity contribution in [2.45, 2.75) is 31.7 Å². The number of nitrogens with one attached hydrogen (secondary N) is 1. The Morgan fingerprint density at radius 3 is 2.50 bits per heavy atom. The zero-order chi connectivity index (χ0) is 17.2. The molecule has 0 unspecified atom stereocenters. The van der Waals surface area contributed by atoms with E-state index in [1.165, 1.54) is 10.6 Å². The second kappa shape index (κ2) is 7.06. The van der Waals surface area contributed by atoms with Crippen LogP contribution in [0.15, 0.2) is 18.3 Å². The molecule has 2 aliphatic heterocycles. The molecule has 0 saturated carbocycles. The molecule has 0 radical (unpaired) electrons. The van der Waals surface area contributed by atoms with Crippen molar-refractivity contribution < 1.29 is 13.2 Å². The Morgan fingerprint density at radius 2 is 1.88 bits per heavy atom. The molecule has 1 N–H and O–H groups in total. The average Bonchev–Trinajstić information content (AvgIpc) is 3.09. The number of sulfonamides is 1. The second-order valence-electron chi connectivity index (χ2n) is 6.48. The van der Waals surface area contributed by atoms with Crippen molar-refractivity contribution >= 4 is 21.7 Å². The molecule has 7 nitrogen and oxygen atoms in total. The van der Waals surface area contributed by atoms with Crippen molar-refractivity contribution in [3.8, 4) is 0 Å². The fourth-order valence-electron chi connectivity index (χ4n) is 3.35. The molecular formula is C16H24N4O3S. The summed E-state index contributed by atoms with van der Waals surface area (Å²) in [6.07, 6.45) is 6.47. The molecule has 2 aliphatic rings. The first-order valence-corrected chi connectivity index (χ1v) is 10.3. The lowest BCUT2D eigenvalue weighted by molar-refractivity contribution is 0.0924. The third-order valence-electron chi connectivity index (χ3n) is 4.70. The van der Waals surface area contributed by atoms with Crippen LogP contribution in [0.25, 0.3) is 0 Å². The number of hydrogen-bond donors (Lipinski definition) is 1. The molecule has 132 valence electrons. The molecule has 0 aromatic carbocycles. The summed E-state index contributed by atoms with van der Waals surface area (Å²) in [5, 5.41) is 3.04. The van der Waals surface area contributed by atoms with Crippen molar-refractivity contribution in [3.05, 3.63) is 23.9 Å². The average molecular weight is 352 g/mol. The number of pyridine rings is 1. The highest BCUT2D eigenvalue weighted by molar-refractivity contribution is 7.88. The Labute approximate surface area is 143 Å². The van der Waals surface area contributed by atoms with Crippen molar-refractivity contribution in [3.63, 3.8) is 0 Å². The summed E-state index contributed by atoms with van der Waals surface area (Å²) < 4.78 is 24.6. The second-order valence-corrected chi connectivity index (χ2v) is 8.46. The number of nitrogens with zero attached hydrogens (tertiary/aromatic N) is 3. The summed E-state index contributed by atoms with van der Waals surface area (Å²) in [6.45, 7) is 2.78. The minimum absolute atomic E-state index is 0.00198. The van der Waals surface area contributed by atoms with Gasteiger partial charge in [0, 0.05) is 38.4 Å². The van der Waals surface area contributed by atoms with Gasteiger partial charge < -0.3 is 10.2 Å². The maximum absolute atomic E-state index is 12.7. The van der Waals surface area contributed by atoms with Crippen molar-refractivity contribution in [2.24, 2.45) is 0 Å². The monoisotopic (exact) mass is 352 g/mol. The van der Waals surface area contributed by atoms with Crippen LogP contribution in [-0.4, -0.2) is 62.1 Å². The van der Waals surface area contributed by atoms with Crippen LogP contribution >= 0.6 is 0 Å². The van der Waals surface area contributed by atoms with Gasteiger partial charge in [-0.3, -0.25) is 4.79 Å². The topological polar surface area (TPSA) is 82.6 Å². The van der Waals surface area contributed by atoms with E-state index in [2.05, 4.69) is 15.2 Å². The van der Waals surface area contributed by atoms with Gasteiger partial charge >= 0.3 is 0 Å². The number of piperidine rings is 1. The predicted molar refractivity (Wildman–Crippen MR) is 92.6 cm³/mol. The van der Waals surface area contributed by atoms with E-state index in [1.807, 2.05) is 6.07 Å². The molecule has 1 amide bonds. The van der Waals surface area contributed by atoms with Crippen LogP contribution in [-0.2, 0) is 10.0 Å². The van der Waals surface area contributed by atoms with Crippen molar-refractivity contribution in [1.29, 1.82) is 0 Å². The Kier molecular flexibility index (Phi) is 5.05. The zero-order valence-corrected chi connectivity index (χ0v) is 14.8. The van der Waals surface area contributed by atoms with Gasteiger partial charge in [0.2, 0.25) is 10.0 Å². The molecule has 2 fully saturated rings. The number of amides is 1. The van der Waals surface area contributed by atoms with Crippen molar-refractivity contribution in [1.82, 2.24) is 14.6 Å². The SMILES string of the molecule is CS(=O)(=O)N1CCC(NC(=O)c2cccnc2N2CCCC2)CC1. The zero-order valence-electron chi connectivity index (χ0n) is 13.9. The molecule has 0 spiro atoms. The summed E-state index contributed by atoms with van der Waals surface area (Å²) in [6, 6.07) is 3.59. The molecule has 3 rings (SSSR count). The number of carbonyl (C=O) groups excluding carboxylic acids is 1. The van der Waals surface area contributed by atoms with Gasteiger partial charge in [0.25, 0.3) is 5.91 Å². The van der Waals surface area contributed by atoms with Crippen LogP contribution in [0.4, 0.5) is 5.82 Å². The highest BCUT2D eigenvalue weighted by Gasteiger charge is 2.27. The molecule has 2 saturated heterocycles. The fraction of sp³-hybridized carbons (Fsp3) is 0.625. The summed E-state index contributed by atoms with van der Waals surface area (Å²) in [4.78, 5) is 19.2. The molecule has 0 atom stereocenters. The lowest BCUT2D eigenvalue weighted by Gasteiger charge is -2.31. The summed E-state index contributed by atoms with van der Waals surface area (Å²) >= 11 is 0. The highest BCUT2D eigenvalue weighted by Crippen LogP contribution is 2.22. The first kappa shape index (κ1) is 17.2. The third-order valence-corrected chi connectivity index (χ3v) is 6.00. The van der Waals surface area contributed by atoms with E-state index in [4.69, 9.17) is 0 Å². The Balaban J connectivity index is 1.64. The van der Waals surface area contributed by atoms with Crippen molar-refractivity contribution in [2.75, 3.05) is 37.3 Å². The molecule has 24 heavy (non-hydrogen) atoms. The number of rotatable bonds is 4. The van der Waals surface area contributed by atoms with E-state index in [-0.39, 0.29) is 11.9 Å². The van der Waals surface area contributed by atoms with Gasteiger partial charge in [-0.05, 0) is 37.8 Å². The van der Waals surface area contributed by atoms with E-state index in [1.54, 1.807) is 12.3 Å². The molecule has 3 heterocycles. The summed E-state index contributed by atoms with van der Waals surface area (Å²) in [5.41, 5.74) is 0.602. The van der Waals surface area contributed by atoms with E-state index < -0.39 is 10.0 Å². The molecule has 8 heteroatoms. The number of aromatic nitrogens is 1. The Morgan fingerprint density at radius 1 is 1.21 bits per heavy atom. The van der Waals surface area contributed by atoms with E-state index in [0.717, 1.165) is 31.7 Å². The third kappa shape index (κ3) is 3.87. The number of carbonyl (C=O) groups is 1. The highest BCUT2D eigenvalue weighted by atomic mass is 32.2. The minimum Gasteiger partial charge on any atom is -0.356 e. The summed E-state index contributed by atoms with van der Waals surface area (Å²) in [7, 11) is -3.14. The van der Waals surface area contributed by atoms with Crippen LogP contribution in [0.2, 0.25) is 0 Å². The predicted octanol–water partition coefficient (Wildman–Crippen LogP) is 0.836. The standard InChI is InChI=1S/C16H24N4O3S/c1-24(22,23)20-11-6-13(7-12-20)18-16(21)14-5-4-8-17-15(14)19-9-2-3-10-19/h4-5,8,13H,2-3,6-7,9-12H2,1H3,(H,18,21). The lowest BCUT2D eigenvalue weighted by Crippen LogP contribution is -2.46. The van der Waals surface area contributed by atoms with Crippen LogP contribution in [0.3, 0.4) is 0 Å². The molecule has 0 aliphatic carbocycles. The smallest absolute Gasteiger partial charge is 0.255 e. The van der Waals surface area contributed by atoms with Crippen LogP contribution in [0.5, 0.6) is 0 Å². The van der Waals surface area contributed by atoms with Gasteiger partial charge in [0.15, 0.2) is 0 Å². The van der Waals surface area contributed by atoms with E-state index >= 15 is 0 Å². The van der Waals surface area contributed by atoms with Gasteiger partial charge in [-0.15, -0.1) is 0 Å². The van der Waals surface area contributed by atoms with E-state index in [0.29, 0.717) is 31.5 Å². The molecule has 1 aromatic rings. The maximum atomic E-state index is 12.7. The van der Waals surface area contributed by atoms with Crippen LogP contribution < -0.4 is 10.2 Å². The molecular weight excluding hydrogens is 328 g/mol. The van der Waals surface area contributed by atoms with Gasteiger partial charge in [-0.1, -0.05) is 0 Å². The normalized spacial score (nSPS) is 20.3. The lowest BCUT2D eigenvalue weighted by atomic mass is 10.1. The van der Waals surface area contributed by atoms with Crippen LogP contribution in [0.1, 0.15) is 36.0 Å². The minimum atomic E-state index is -3.14. The Hall–Kier alpha value is -1.67. The van der Waals surface area contributed by atoms with Crippen LogP contribution in [0, 0.1) is 0 Å². The molecule has 1 aromatic heterocycles. The van der Waals surface area contributed by atoms with E-state index in [9.17, 15) is 13.2 Å². The summed E-state index contributed by atoms with van der Waals surface area (Å²) in [5.74, 6) is 0.629.